The summed E-state index contributed by atoms with van der Waals surface area (Å²) in [5.41, 5.74) is 7.98. The molecule has 4 heteroatoms. The molecule has 19 heavy (non-hydrogen) atoms. The standard InChI is InChI=1S/C15H25N3O/c1-5-18(6-2)10-11(3)17-15(19)13-8-7-9-14(16)12(13)4/h7-9,11H,5-6,10,16H2,1-4H3,(H,17,19). The van der Waals surface area contributed by atoms with Crippen LogP contribution in [0.4, 0.5) is 5.69 Å². The third-order valence-electron chi connectivity index (χ3n) is 3.42. The van der Waals surface area contributed by atoms with Crippen molar-refractivity contribution in [1.82, 2.24) is 10.2 Å². The molecule has 1 amide bonds. The number of nitrogens with two attached hydrogens (primary N) is 1. The van der Waals surface area contributed by atoms with Crippen molar-refractivity contribution in [2.24, 2.45) is 0 Å². The molecule has 0 fully saturated rings. The van der Waals surface area contributed by atoms with E-state index in [1.54, 1.807) is 0 Å². The molecule has 0 spiro atoms. The highest BCUT2D eigenvalue weighted by Crippen LogP contribution is 2.15. The first kappa shape index (κ1) is 15.5. The molecule has 0 saturated carbocycles. The van der Waals surface area contributed by atoms with E-state index in [0.29, 0.717) is 11.3 Å². The van der Waals surface area contributed by atoms with Gasteiger partial charge in [0.05, 0.1) is 0 Å². The van der Waals surface area contributed by atoms with E-state index in [9.17, 15) is 4.79 Å². The van der Waals surface area contributed by atoms with E-state index in [-0.39, 0.29) is 11.9 Å². The van der Waals surface area contributed by atoms with Crippen LogP contribution >= 0.6 is 0 Å². The van der Waals surface area contributed by atoms with E-state index in [2.05, 4.69) is 24.1 Å². The van der Waals surface area contributed by atoms with Gasteiger partial charge in [0.15, 0.2) is 0 Å². The Balaban J connectivity index is 2.66. The number of carbonyl (C=O) groups excluding carboxylic acids is 1. The van der Waals surface area contributed by atoms with Crippen LogP contribution in [0.1, 0.15) is 36.7 Å². The molecule has 0 aliphatic rings. The third kappa shape index (κ3) is 4.24. The number of benzene rings is 1. The fraction of sp³-hybridized carbons (Fsp3) is 0.533. The molecule has 0 aromatic heterocycles. The molecule has 106 valence electrons. The van der Waals surface area contributed by atoms with Gasteiger partial charge in [-0.15, -0.1) is 0 Å². The van der Waals surface area contributed by atoms with Crippen LogP contribution in [-0.2, 0) is 0 Å². The van der Waals surface area contributed by atoms with Gasteiger partial charge in [-0.3, -0.25) is 4.79 Å². The number of rotatable bonds is 6. The first-order valence-electron chi connectivity index (χ1n) is 6.87. The number of nitrogens with one attached hydrogen (secondary N) is 1. The maximum atomic E-state index is 12.2. The fourth-order valence-electron chi connectivity index (χ4n) is 2.12. The zero-order valence-electron chi connectivity index (χ0n) is 12.4. The Morgan fingerprint density at radius 2 is 2.00 bits per heavy atom. The zero-order valence-corrected chi connectivity index (χ0v) is 12.4. The highest BCUT2D eigenvalue weighted by atomic mass is 16.1. The van der Waals surface area contributed by atoms with Gasteiger partial charge in [-0.2, -0.15) is 0 Å². The number of hydrogen-bond acceptors (Lipinski definition) is 3. The van der Waals surface area contributed by atoms with Crippen molar-refractivity contribution in [1.29, 1.82) is 0 Å². The van der Waals surface area contributed by atoms with E-state index in [4.69, 9.17) is 5.73 Å². The minimum absolute atomic E-state index is 0.0514. The summed E-state index contributed by atoms with van der Waals surface area (Å²) in [7, 11) is 0. The largest absolute Gasteiger partial charge is 0.398 e. The van der Waals surface area contributed by atoms with Crippen LogP contribution in [0.3, 0.4) is 0 Å². The van der Waals surface area contributed by atoms with Crippen LogP contribution in [0.15, 0.2) is 18.2 Å². The molecule has 1 atom stereocenters. The van der Waals surface area contributed by atoms with Crippen LogP contribution in [0.2, 0.25) is 0 Å². The Labute approximate surface area is 116 Å². The van der Waals surface area contributed by atoms with Gasteiger partial charge >= 0.3 is 0 Å². The predicted molar refractivity (Wildman–Crippen MR) is 80.3 cm³/mol. The van der Waals surface area contributed by atoms with Gasteiger partial charge in [0.25, 0.3) is 5.91 Å². The molecule has 0 radical (unpaired) electrons. The Hall–Kier alpha value is -1.55. The minimum atomic E-state index is -0.0514. The van der Waals surface area contributed by atoms with Crippen molar-refractivity contribution in [3.05, 3.63) is 29.3 Å². The van der Waals surface area contributed by atoms with E-state index in [1.165, 1.54) is 0 Å². The lowest BCUT2D eigenvalue weighted by Gasteiger charge is -2.23. The average Bonchev–Trinajstić information content (AvgIpc) is 2.38. The van der Waals surface area contributed by atoms with Crippen molar-refractivity contribution >= 4 is 11.6 Å². The lowest BCUT2D eigenvalue weighted by molar-refractivity contribution is 0.0929. The summed E-state index contributed by atoms with van der Waals surface area (Å²) < 4.78 is 0. The number of anilines is 1. The highest BCUT2D eigenvalue weighted by molar-refractivity contribution is 5.97. The second-order valence-electron chi connectivity index (χ2n) is 4.88. The van der Waals surface area contributed by atoms with E-state index in [0.717, 1.165) is 25.2 Å². The Bertz CT molecular complexity index is 427. The van der Waals surface area contributed by atoms with Crippen molar-refractivity contribution in [2.45, 2.75) is 33.7 Å². The number of hydrogen-bond donors (Lipinski definition) is 2. The van der Waals surface area contributed by atoms with Crippen molar-refractivity contribution < 1.29 is 4.79 Å². The average molecular weight is 263 g/mol. The third-order valence-corrected chi connectivity index (χ3v) is 3.42. The Morgan fingerprint density at radius 3 is 2.58 bits per heavy atom. The molecule has 0 bridgehead atoms. The molecule has 0 aliphatic heterocycles. The summed E-state index contributed by atoms with van der Waals surface area (Å²) in [6.07, 6.45) is 0. The molecule has 0 saturated heterocycles. The number of amides is 1. The molecule has 4 nitrogen and oxygen atoms in total. The van der Waals surface area contributed by atoms with E-state index >= 15 is 0 Å². The lowest BCUT2D eigenvalue weighted by Crippen LogP contribution is -2.42. The Kier molecular flexibility index (Phi) is 5.83. The zero-order chi connectivity index (χ0) is 14.4. The van der Waals surface area contributed by atoms with Crippen LogP contribution < -0.4 is 11.1 Å². The maximum absolute atomic E-state index is 12.2. The van der Waals surface area contributed by atoms with Crippen molar-refractivity contribution in [3.63, 3.8) is 0 Å². The van der Waals surface area contributed by atoms with Gasteiger partial charge in [-0.1, -0.05) is 19.9 Å². The first-order valence-corrected chi connectivity index (χ1v) is 6.87. The van der Waals surface area contributed by atoms with Crippen molar-refractivity contribution in [2.75, 3.05) is 25.4 Å². The number of nitrogens with zero attached hydrogens (tertiary/aromatic N) is 1. The smallest absolute Gasteiger partial charge is 0.251 e. The Morgan fingerprint density at radius 1 is 1.37 bits per heavy atom. The van der Waals surface area contributed by atoms with E-state index in [1.807, 2.05) is 32.0 Å². The molecular formula is C15H25N3O. The van der Waals surface area contributed by atoms with Gasteiger partial charge in [0, 0.05) is 23.8 Å². The monoisotopic (exact) mass is 263 g/mol. The topological polar surface area (TPSA) is 58.4 Å². The van der Waals surface area contributed by atoms with Crippen LogP contribution in [0.5, 0.6) is 0 Å². The number of carbonyl (C=O) groups is 1. The quantitative estimate of drug-likeness (QED) is 0.772. The summed E-state index contributed by atoms with van der Waals surface area (Å²) >= 11 is 0. The second kappa shape index (κ2) is 7.14. The molecule has 0 heterocycles. The maximum Gasteiger partial charge on any atom is 0.251 e. The molecular weight excluding hydrogens is 238 g/mol. The summed E-state index contributed by atoms with van der Waals surface area (Å²) in [5, 5.41) is 3.03. The summed E-state index contributed by atoms with van der Waals surface area (Å²) in [5.74, 6) is -0.0514. The SMILES string of the molecule is CCN(CC)CC(C)NC(=O)c1cccc(N)c1C. The summed E-state index contributed by atoms with van der Waals surface area (Å²) in [4.78, 5) is 14.5. The summed E-state index contributed by atoms with van der Waals surface area (Å²) in [6, 6.07) is 5.55. The molecule has 1 rings (SSSR count). The number of likely N-dealkylation sites (N-methyl/N-ethyl adjacent to an activating group) is 1. The van der Waals surface area contributed by atoms with Gasteiger partial charge in [-0.05, 0) is 44.6 Å². The normalized spacial score (nSPS) is 12.5. The van der Waals surface area contributed by atoms with Gasteiger partial charge in [0.2, 0.25) is 0 Å². The molecule has 0 aliphatic carbocycles. The van der Waals surface area contributed by atoms with Crippen LogP contribution in [-0.4, -0.2) is 36.5 Å². The van der Waals surface area contributed by atoms with E-state index < -0.39 is 0 Å². The second-order valence-corrected chi connectivity index (χ2v) is 4.88. The molecule has 1 unspecified atom stereocenters. The first-order chi connectivity index (χ1) is 8.99. The van der Waals surface area contributed by atoms with Crippen LogP contribution in [0.25, 0.3) is 0 Å². The molecule has 1 aromatic carbocycles. The lowest BCUT2D eigenvalue weighted by atomic mass is 10.1. The summed E-state index contributed by atoms with van der Waals surface area (Å²) in [6.45, 7) is 11.0. The van der Waals surface area contributed by atoms with Gasteiger partial charge in [-0.25, -0.2) is 0 Å². The molecule has 1 aromatic rings. The minimum Gasteiger partial charge on any atom is -0.398 e. The van der Waals surface area contributed by atoms with Crippen molar-refractivity contribution in [3.8, 4) is 0 Å². The van der Waals surface area contributed by atoms with Gasteiger partial charge in [0.1, 0.15) is 0 Å². The predicted octanol–water partition coefficient (Wildman–Crippen LogP) is 2.04. The van der Waals surface area contributed by atoms with Gasteiger partial charge < -0.3 is 16.0 Å². The number of nitrogen functional groups attached to an aromatic ring is 1. The van der Waals surface area contributed by atoms with Crippen LogP contribution in [0, 0.1) is 6.92 Å². The highest BCUT2D eigenvalue weighted by Gasteiger charge is 2.14. The fourth-order valence-corrected chi connectivity index (χ4v) is 2.12. The molecule has 3 N–H and O–H groups in total.